The first-order valence-corrected chi connectivity index (χ1v) is 9.81. The Labute approximate surface area is 173 Å². The van der Waals surface area contributed by atoms with E-state index in [2.05, 4.69) is 20.4 Å². The van der Waals surface area contributed by atoms with Gasteiger partial charge >= 0.3 is 0 Å². The van der Waals surface area contributed by atoms with E-state index >= 15 is 0 Å². The summed E-state index contributed by atoms with van der Waals surface area (Å²) >= 11 is 6.07. The Hall–Kier alpha value is -3.12. The maximum absolute atomic E-state index is 13.0. The molecule has 4 rings (SSSR count). The molecule has 0 fully saturated rings. The first kappa shape index (κ1) is 19.2. The standard InChI is InChI=1S/C22H22ClN5O/c1-13-4-7-16(8-5-13)10-18-15(3)25-22-26-20(27-28(22)21(18)29)12-24-19-11-17(23)9-6-14(19)2/h4-9,11,24H,10,12H2,1-3H3,(H,25,26,27). The molecule has 4 aromatic rings. The summed E-state index contributed by atoms with van der Waals surface area (Å²) in [6.07, 6.45) is 0.537. The third-order valence-corrected chi connectivity index (χ3v) is 5.22. The van der Waals surface area contributed by atoms with Gasteiger partial charge in [0.05, 0.1) is 12.2 Å². The molecule has 0 atom stereocenters. The summed E-state index contributed by atoms with van der Waals surface area (Å²) in [5.74, 6) is 1.00. The smallest absolute Gasteiger partial charge is 0.277 e. The SMILES string of the molecule is Cc1ccc(Cc2c(C)nc3nc(CNc4cc(Cl)ccc4C)[nH]n3c2=O)cc1. The maximum atomic E-state index is 13.0. The zero-order valence-electron chi connectivity index (χ0n) is 16.6. The van der Waals surface area contributed by atoms with Crippen molar-refractivity contribution in [1.29, 1.82) is 0 Å². The van der Waals surface area contributed by atoms with Crippen LogP contribution >= 0.6 is 11.6 Å². The Morgan fingerprint density at radius 3 is 2.59 bits per heavy atom. The third-order valence-electron chi connectivity index (χ3n) is 4.99. The van der Waals surface area contributed by atoms with Crippen LogP contribution in [0.5, 0.6) is 0 Å². The molecule has 6 nitrogen and oxygen atoms in total. The number of hydrogen-bond acceptors (Lipinski definition) is 4. The molecule has 0 radical (unpaired) electrons. The van der Waals surface area contributed by atoms with Crippen LogP contribution in [0.4, 0.5) is 5.69 Å². The van der Waals surface area contributed by atoms with E-state index in [-0.39, 0.29) is 5.56 Å². The minimum absolute atomic E-state index is 0.120. The number of nitrogens with zero attached hydrogens (tertiary/aromatic N) is 3. The van der Waals surface area contributed by atoms with Gasteiger partial charge in [0.25, 0.3) is 11.3 Å². The Bertz CT molecular complexity index is 1240. The molecule has 2 heterocycles. The highest BCUT2D eigenvalue weighted by atomic mass is 35.5. The van der Waals surface area contributed by atoms with Gasteiger partial charge in [-0.05, 0) is 44.0 Å². The molecule has 0 aliphatic rings. The number of fused-ring (bicyclic) bond motifs is 1. The molecule has 7 heteroatoms. The lowest BCUT2D eigenvalue weighted by molar-refractivity contribution is 0.832. The van der Waals surface area contributed by atoms with Crippen molar-refractivity contribution < 1.29 is 0 Å². The first-order chi connectivity index (χ1) is 13.9. The van der Waals surface area contributed by atoms with Crippen molar-refractivity contribution >= 4 is 23.1 Å². The second kappa shape index (κ2) is 7.72. The highest BCUT2D eigenvalue weighted by Crippen LogP contribution is 2.20. The minimum Gasteiger partial charge on any atom is -0.378 e. The zero-order chi connectivity index (χ0) is 20.5. The van der Waals surface area contributed by atoms with Crippen LogP contribution in [-0.2, 0) is 13.0 Å². The quantitative estimate of drug-likeness (QED) is 0.520. The number of aryl methyl sites for hydroxylation is 3. The van der Waals surface area contributed by atoms with Crippen molar-refractivity contribution in [3.05, 3.63) is 91.6 Å². The molecular formula is C22H22ClN5O. The summed E-state index contributed by atoms with van der Waals surface area (Å²) in [5.41, 5.74) is 5.52. The van der Waals surface area contributed by atoms with Gasteiger partial charge in [0.15, 0.2) is 0 Å². The topological polar surface area (TPSA) is 75.1 Å². The summed E-state index contributed by atoms with van der Waals surface area (Å²) in [7, 11) is 0. The number of nitrogens with one attached hydrogen (secondary N) is 2. The molecule has 0 saturated heterocycles. The van der Waals surface area contributed by atoms with Crippen LogP contribution in [0.15, 0.2) is 47.3 Å². The van der Waals surface area contributed by atoms with E-state index in [1.807, 2.05) is 63.2 Å². The first-order valence-electron chi connectivity index (χ1n) is 9.43. The van der Waals surface area contributed by atoms with Gasteiger partial charge < -0.3 is 5.32 Å². The Morgan fingerprint density at radius 1 is 1.07 bits per heavy atom. The lowest BCUT2D eigenvalue weighted by Gasteiger charge is -2.08. The second-order valence-corrected chi connectivity index (χ2v) is 7.70. The van der Waals surface area contributed by atoms with E-state index in [0.717, 1.165) is 16.8 Å². The molecule has 0 aliphatic heterocycles. The fourth-order valence-corrected chi connectivity index (χ4v) is 3.43. The van der Waals surface area contributed by atoms with Gasteiger partial charge in [0, 0.05) is 22.7 Å². The number of aromatic nitrogens is 4. The molecule has 0 bridgehead atoms. The molecule has 0 spiro atoms. The predicted octanol–water partition coefficient (Wildman–Crippen LogP) is 4.20. The second-order valence-electron chi connectivity index (χ2n) is 7.26. The lowest BCUT2D eigenvalue weighted by Crippen LogP contribution is -2.22. The molecule has 2 aromatic heterocycles. The van der Waals surface area contributed by atoms with Crippen LogP contribution in [0.25, 0.3) is 5.78 Å². The van der Waals surface area contributed by atoms with Crippen LogP contribution in [0.2, 0.25) is 5.02 Å². The van der Waals surface area contributed by atoms with Gasteiger partial charge in [-0.25, -0.2) is 4.98 Å². The number of benzene rings is 2. The van der Waals surface area contributed by atoms with Crippen molar-refractivity contribution in [2.45, 2.75) is 33.7 Å². The van der Waals surface area contributed by atoms with Crippen molar-refractivity contribution in [1.82, 2.24) is 19.6 Å². The van der Waals surface area contributed by atoms with Gasteiger partial charge in [-0.3, -0.25) is 9.89 Å². The third kappa shape index (κ3) is 4.03. The number of H-pyrrole nitrogens is 1. The average Bonchev–Trinajstić information content (AvgIpc) is 3.10. The number of rotatable bonds is 5. The van der Waals surface area contributed by atoms with Crippen LogP contribution in [-0.4, -0.2) is 19.6 Å². The number of hydrogen-bond donors (Lipinski definition) is 2. The summed E-state index contributed by atoms with van der Waals surface area (Å²) < 4.78 is 1.42. The van der Waals surface area contributed by atoms with E-state index in [0.29, 0.717) is 40.8 Å². The molecule has 29 heavy (non-hydrogen) atoms. The summed E-state index contributed by atoms with van der Waals surface area (Å²) in [5, 5.41) is 7.03. The van der Waals surface area contributed by atoms with Gasteiger partial charge in [0.2, 0.25) is 0 Å². The van der Waals surface area contributed by atoms with Gasteiger partial charge in [-0.2, -0.15) is 9.50 Å². The highest BCUT2D eigenvalue weighted by Gasteiger charge is 2.14. The molecule has 0 aliphatic carbocycles. The number of anilines is 1. The monoisotopic (exact) mass is 407 g/mol. The van der Waals surface area contributed by atoms with Gasteiger partial charge in [-0.1, -0.05) is 47.5 Å². The summed E-state index contributed by atoms with van der Waals surface area (Å²) in [6, 6.07) is 13.9. The summed E-state index contributed by atoms with van der Waals surface area (Å²) in [6.45, 7) is 6.33. The van der Waals surface area contributed by atoms with E-state index in [9.17, 15) is 4.79 Å². The Kier molecular flexibility index (Phi) is 5.11. The molecule has 0 saturated carbocycles. The normalized spacial score (nSPS) is 11.2. The van der Waals surface area contributed by atoms with Crippen molar-refractivity contribution in [2.24, 2.45) is 0 Å². The van der Waals surface area contributed by atoms with Crippen LogP contribution in [0.3, 0.4) is 0 Å². The highest BCUT2D eigenvalue weighted by molar-refractivity contribution is 6.30. The summed E-state index contributed by atoms with van der Waals surface area (Å²) in [4.78, 5) is 22.0. The number of aromatic amines is 1. The molecule has 0 unspecified atom stereocenters. The van der Waals surface area contributed by atoms with E-state index in [4.69, 9.17) is 11.6 Å². The van der Waals surface area contributed by atoms with E-state index in [1.165, 1.54) is 10.1 Å². The van der Waals surface area contributed by atoms with Gasteiger partial charge in [0.1, 0.15) is 5.82 Å². The van der Waals surface area contributed by atoms with Crippen molar-refractivity contribution in [2.75, 3.05) is 5.32 Å². The Balaban J connectivity index is 1.62. The molecule has 0 amide bonds. The molecular weight excluding hydrogens is 386 g/mol. The van der Waals surface area contributed by atoms with Crippen LogP contribution < -0.4 is 10.9 Å². The fourth-order valence-electron chi connectivity index (χ4n) is 3.25. The molecule has 148 valence electrons. The predicted molar refractivity (Wildman–Crippen MR) is 116 cm³/mol. The zero-order valence-corrected chi connectivity index (χ0v) is 17.3. The molecule has 2 N–H and O–H groups in total. The average molecular weight is 408 g/mol. The maximum Gasteiger partial charge on any atom is 0.277 e. The van der Waals surface area contributed by atoms with Crippen molar-refractivity contribution in [3.63, 3.8) is 0 Å². The van der Waals surface area contributed by atoms with Crippen molar-refractivity contribution in [3.8, 4) is 0 Å². The lowest BCUT2D eigenvalue weighted by atomic mass is 10.0. The van der Waals surface area contributed by atoms with Crippen LogP contribution in [0.1, 0.15) is 33.8 Å². The van der Waals surface area contributed by atoms with E-state index < -0.39 is 0 Å². The fraction of sp³-hybridized carbons (Fsp3) is 0.227. The van der Waals surface area contributed by atoms with E-state index in [1.54, 1.807) is 0 Å². The van der Waals surface area contributed by atoms with Crippen LogP contribution in [0, 0.1) is 20.8 Å². The minimum atomic E-state index is -0.120. The van der Waals surface area contributed by atoms with Gasteiger partial charge in [-0.15, -0.1) is 0 Å². The largest absolute Gasteiger partial charge is 0.378 e. The number of halogens is 1. The molecule has 2 aromatic carbocycles. The Morgan fingerprint density at radius 2 is 1.83 bits per heavy atom.